The van der Waals surface area contributed by atoms with Crippen molar-refractivity contribution < 1.29 is 76.6 Å². The van der Waals surface area contributed by atoms with Crippen LogP contribution in [0.4, 0.5) is 0 Å². The Hall–Kier alpha value is 2.40. The molecule has 0 saturated carbocycles. The second kappa shape index (κ2) is 19.4. The first-order chi connectivity index (χ1) is 7.63. The van der Waals surface area contributed by atoms with E-state index in [2.05, 4.69) is 0 Å². The van der Waals surface area contributed by atoms with Crippen LogP contribution in [0.1, 0.15) is 0 Å². The molecule has 0 aliphatic heterocycles. The van der Waals surface area contributed by atoms with Crippen LogP contribution in [-0.2, 0) is 22.2 Å². The van der Waals surface area contributed by atoms with E-state index >= 15 is 0 Å². The second-order valence-corrected chi connectivity index (χ2v) is 6.89. The van der Waals surface area contributed by atoms with Gasteiger partial charge in [-0.05, 0) is 0 Å². The van der Waals surface area contributed by atoms with E-state index in [9.17, 15) is 17.5 Å². The number of hydrogen-bond donors (Lipinski definition) is 0. The van der Waals surface area contributed by atoms with Crippen molar-refractivity contribution in [2.24, 2.45) is 0 Å². The summed E-state index contributed by atoms with van der Waals surface area (Å²) in [6.07, 6.45) is 6.80. The molecule has 0 bridgehead atoms. The fraction of sp³-hybridized carbons (Fsp3) is 0.500. The third kappa shape index (κ3) is 23.5. The fourth-order valence-electron chi connectivity index (χ4n) is 0.604. The van der Waals surface area contributed by atoms with Gasteiger partial charge >= 0.3 is 59.1 Å². The van der Waals surface area contributed by atoms with E-state index in [0.29, 0.717) is 0 Å². The van der Waals surface area contributed by atoms with Crippen molar-refractivity contribution >= 4 is 43.7 Å². The molecule has 0 aromatic heterocycles. The second-order valence-electron chi connectivity index (χ2n) is 2.45. The van der Waals surface area contributed by atoms with Crippen LogP contribution < -0.4 is 59.1 Å². The van der Waals surface area contributed by atoms with Gasteiger partial charge in [0, 0.05) is 23.0 Å². The van der Waals surface area contributed by atoms with E-state index in [0.717, 1.165) is 11.5 Å². The number of rotatable bonds is 9. The molecule has 0 amide bonds. The van der Waals surface area contributed by atoms with E-state index < -0.39 is 22.2 Å². The van der Waals surface area contributed by atoms with Crippen molar-refractivity contribution in [2.45, 2.75) is 0 Å². The Labute approximate surface area is 165 Å². The summed E-state index contributed by atoms with van der Waals surface area (Å²) >= 11 is -4.01. The smallest absolute Gasteiger partial charge is 0.772 e. The minimum Gasteiger partial charge on any atom is -0.772 e. The summed E-state index contributed by atoms with van der Waals surface area (Å²) < 4.78 is 40.6. The summed E-state index contributed by atoms with van der Waals surface area (Å²) in [4.78, 5) is 0. The molecule has 0 aromatic rings. The molecule has 0 N–H and O–H groups in total. The molecule has 0 saturated heterocycles. The Morgan fingerprint density at radius 3 is 1.39 bits per heavy atom. The Bertz CT molecular complexity index is 258. The van der Waals surface area contributed by atoms with Crippen LogP contribution in [-0.4, -0.2) is 40.5 Å². The average Bonchev–Trinajstić information content (AvgIpc) is 2.20. The van der Waals surface area contributed by atoms with Crippen molar-refractivity contribution in [1.82, 2.24) is 0 Å². The summed E-state index contributed by atoms with van der Waals surface area (Å²) in [5.41, 5.74) is 0. The molecule has 2 atom stereocenters. The summed E-state index contributed by atoms with van der Waals surface area (Å²) in [5.74, 6) is 1.59. The van der Waals surface area contributed by atoms with Gasteiger partial charge in [-0.25, -0.2) is 0 Å². The van der Waals surface area contributed by atoms with Crippen molar-refractivity contribution in [3.05, 3.63) is 24.3 Å². The Morgan fingerprint density at radius 1 is 0.778 bits per heavy atom. The van der Waals surface area contributed by atoms with Gasteiger partial charge in [-0.15, -0.1) is 0 Å². The van der Waals surface area contributed by atoms with E-state index in [4.69, 9.17) is 0 Å². The van der Waals surface area contributed by atoms with Crippen LogP contribution in [0, 0.1) is 0 Å². The predicted octanol–water partition coefficient (Wildman–Crippen LogP) is -4.75. The fourth-order valence-corrected chi connectivity index (χ4v) is 2.86. The van der Waals surface area contributed by atoms with Crippen LogP contribution >= 0.6 is 21.6 Å². The standard InChI is InChI=1S/C8H14O4S4.2Na/c9-15(10)7-3-1-5-13-14-6-2-4-8-16(11)12;;/h1-4H,5-8H2,(H,9,10)(H,11,12);;/q;2*+1/p-2/b3-1-,4-2-;;. The summed E-state index contributed by atoms with van der Waals surface area (Å²) in [7, 11) is 3.17. The molecule has 0 heterocycles. The van der Waals surface area contributed by atoms with Crippen molar-refractivity contribution in [2.75, 3.05) is 23.0 Å². The zero-order valence-electron chi connectivity index (χ0n) is 10.4. The van der Waals surface area contributed by atoms with Crippen molar-refractivity contribution in [3.8, 4) is 0 Å². The van der Waals surface area contributed by atoms with Crippen LogP contribution in [0.5, 0.6) is 0 Å². The van der Waals surface area contributed by atoms with Gasteiger partial charge in [-0.3, -0.25) is 8.42 Å². The maximum atomic E-state index is 10.1. The normalized spacial score (nSPS) is 14.1. The molecule has 4 nitrogen and oxygen atoms in total. The van der Waals surface area contributed by atoms with E-state index in [1.54, 1.807) is 45.9 Å². The molecule has 0 rings (SSSR count). The van der Waals surface area contributed by atoms with Crippen molar-refractivity contribution in [3.63, 3.8) is 0 Å². The molecule has 0 aliphatic carbocycles. The van der Waals surface area contributed by atoms with Crippen LogP contribution in [0.3, 0.4) is 0 Å². The molecule has 0 radical (unpaired) electrons. The van der Waals surface area contributed by atoms with Gasteiger partial charge in [0.2, 0.25) is 0 Å². The molecule has 2 unspecified atom stereocenters. The van der Waals surface area contributed by atoms with E-state index in [1.807, 2.05) is 0 Å². The Balaban J connectivity index is -0.00000112. The first kappa shape index (κ1) is 25.4. The van der Waals surface area contributed by atoms with Gasteiger partial charge in [0.1, 0.15) is 0 Å². The Kier molecular flexibility index (Phi) is 27.3. The van der Waals surface area contributed by atoms with Crippen molar-refractivity contribution in [1.29, 1.82) is 0 Å². The van der Waals surface area contributed by atoms with Crippen LogP contribution in [0.2, 0.25) is 0 Å². The van der Waals surface area contributed by atoms with Gasteiger partial charge in [0.15, 0.2) is 0 Å². The summed E-state index contributed by atoms with van der Waals surface area (Å²) in [6, 6.07) is 0. The molecule has 0 fully saturated rings. The third-order valence-corrected chi connectivity index (χ3v) is 4.28. The molecule has 0 spiro atoms. The largest absolute Gasteiger partial charge is 1.00 e. The van der Waals surface area contributed by atoms with Gasteiger partial charge in [0.25, 0.3) is 0 Å². The first-order valence-corrected chi connectivity index (χ1v) is 9.26. The summed E-state index contributed by atoms with van der Waals surface area (Å²) in [5, 5.41) is 0. The molecule has 0 aromatic carbocycles. The minimum atomic E-state index is -2.00. The minimum absolute atomic E-state index is 0. The van der Waals surface area contributed by atoms with Gasteiger partial charge < -0.3 is 9.11 Å². The molecule has 0 aliphatic rings. The molecular formula is C8H12Na2O4S4. The average molecular weight is 346 g/mol. The molecule has 10 heteroatoms. The van der Waals surface area contributed by atoms with Gasteiger partial charge in [0.05, 0.1) is 0 Å². The zero-order valence-corrected chi connectivity index (χ0v) is 17.7. The molecular weight excluding hydrogens is 334 g/mol. The topological polar surface area (TPSA) is 80.3 Å². The zero-order chi connectivity index (χ0) is 12.2. The van der Waals surface area contributed by atoms with Crippen LogP contribution in [0.15, 0.2) is 24.3 Å². The van der Waals surface area contributed by atoms with E-state index in [1.165, 1.54) is 0 Å². The SMILES string of the molecule is O=S([O-])C/C=C\CSSC/C=C\CS(=O)[O-].[Na+].[Na+]. The maximum Gasteiger partial charge on any atom is 1.00 e. The van der Waals surface area contributed by atoms with Gasteiger partial charge in [-0.2, -0.15) is 0 Å². The maximum absolute atomic E-state index is 10.1. The molecule has 18 heavy (non-hydrogen) atoms. The Morgan fingerprint density at radius 2 is 1.11 bits per heavy atom. The third-order valence-electron chi connectivity index (χ3n) is 1.21. The predicted molar refractivity (Wildman–Crippen MR) is 70.8 cm³/mol. The van der Waals surface area contributed by atoms with Crippen LogP contribution in [0.25, 0.3) is 0 Å². The monoisotopic (exact) mass is 346 g/mol. The first-order valence-electron chi connectivity index (χ1n) is 4.29. The van der Waals surface area contributed by atoms with E-state index in [-0.39, 0.29) is 70.6 Å². The number of hydrogen-bond acceptors (Lipinski definition) is 6. The van der Waals surface area contributed by atoms with Gasteiger partial charge in [-0.1, -0.05) is 68.1 Å². The molecule has 94 valence electrons. The summed E-state index contributed by atoms with van der Waals surface area (Å²) in [6.45, 7) is 0. The quantitative estimate of drug-likeness (QED) is 0.137.